The van der Waals surface area contributed by atoms with Gasteiger partial charge in [0.05, 0.1) is 90.4 Å². The van der Waals surface area contributed by atoms with Crippen molar-refractivity contribution in [3.63, 3.8) is 0 Å². The summed E-state index contributed by atoms with van der Waals surface area (Å²) in [5.74, 6) is 2.85. The average molecular weight is 1820 g/mol. The maximum absolute atomic E-state index is 13.7. The number of H-pyrrole nitrogens is 2. The van der Waals surface area contributed by atoms with Gasteiger partial charge in [-0.3, -0.25) is 34.4 Å². The first kappa shape index (κ1) is 92.0. The van der Waals surface area contributed by atoms with E-state index in [1.807, 2.05) is 120 Å². The smallest absolute Gasteiger partial charge is 0.488 e. The van der Waals surface area contributed by atoms with Crippen LogP contribution in [0.4, 0.5) is 36.2 Å². The Morgan fingerprint density at radius 1 is 0.455 bits per heavy atom. The van der Waals surface area contributed by atoms with Crippen LogP contribution >= 0.6 is 0 Å². The van der Waals surface area contributed by atoms with Crippen molar-refractivity contribution in [2.24, 2.45) is 26.8 Å². The number of amides is 6. The van der Waals surface area contributed by atoms with Crippen molar-refractivity contribution < 1.29 is 66.2 Å². The molecule has 12 heterocycles. The molecule has 28 heteroatoms. The standard InChI is InChI=1S/C45H51N7O7.C38H40N4O3.C23H33BN2O4/c1-24(2)39(49-44(55)57-5)42(53)51-17-7-9-35(51)33-20-29-19-26(13-16-32(29)47-33)27-11-14-30-31-15-12-28(22-38(31)59-37(30)21-27)34-23-46-41(48-34)36-10-8-18-52(36)43(54)40(25(3)4)50-45(56)58-6;1-38(2,3)45-37(43)42-16-6-9-34(42)32-19-27-17-24(12-15-31(27)40-32)25-10-14-30-29-13-11-26(18-28(29)22-44-35(30)20-25)33-21-39-36(41-33)23-7-4-5-8-23;1-21(2,3)28-20(27)26-12-8-9-19(26)18-14-15-13-16(10-11-17(15)25-18)24-29-22(4,5)23(6,7)30-24/h11-16,19,21-25,35-36,39-40H,7-10,17-18,20H2,1-6H3,(H,46,48)(H,49,55)(H,50,56);10-15,17-18,20-21,23,34H,4-9,16,19,22H2,1-3H3,(H,39,41);10-11,13,19H,8-9,12,14H2,1-7H3/t35-,36-,39-,40-;34-;19-/m000/s1. The number of aromatic amines is 2. The Morgan fingerprint density at radius 3 is 1.37 bits per heavy atom. The first-order valence-corrected chi connectivity index (χ1v) is 47.8. The summed E-state index contributed by atoms with van der Waals surface area (Å²) in [5, 5.41) is 7.45. The van der Waals surface area contributed by atoms with Crippen molar-refractivity contribution in [2.45, 2.75) is 264 Å². The molecule has 4 N–H and O–H groups in total. The second-order valence-corrected chi connectivity index (χ2v) is 41.0. The van der Waals surface area contributed by atoms with Crippen molar-refractivity contribution in [3.05, 3.63) is 174 Å². The Hall–Kier alpha value is -12.4. The number of alkyl carbamates (subject to hydrolysis) is 2. The number of nitrogens with one attached hydrogen (secondary N) is 4. The number of aromatic nitrogens is 4. The number of aliphatic imine (C=N–C) groups is 3. The number of methoxy groups -OCH3 is 2. The van der Waals surface area contributed by atoms with Gasteiger partial charge in [0.25, 0.3) is 0 Å². The van der Waals surface area contributed by atoms with Crippen LogP contribution in [0.1, 0.15) is 220 Å². The van der Waals surface area contributed by atoms with E-state index in [1.54, 1.807) is 11.1 Å². The molecule has 10 aliphatic rings. The zero-order valence-corrected chi connectivity index (χ0v) is 79.9. The Bertz CT molecular complexity index is 6300. The summed E-state index contributed by atoms with van der Waals surface area (Å²) in [6, 6.07) is 42.9. The zero-order valence-electron chi connectivity index (χ0n) is 79.9. The van der Waals surface area contributed by atoms with E-state index in [2.05, 4.69) is 145 Å². The van der Waals surface area contributed by atoms with Gasteiger partial charge in [0, 0.05) is 90.4 Å². The van der Waals surface area contributed by atoms with Crippen LogP contribution in [0.5, 0.6) is 5.75 Å². The second kappa shape index (κ2) is 37.1. The Labute approximate surface area is 783 Å². The number of nitrogens with zero attached hydrogens (tertiary/aromatic N) is 9. The number of likely N-dealkylation sites (tertiary alicyclic amines) is 4. The molecule has 6 fully saturated rings. The molecule has 20 rings (SSSR count). The fourth-order valence-corrected chi connectivity index (χ4v) is 20.5. The average Bonchev–Trinajstić information content (AvgIpc) is 1.51. The SMILES string of the molecule is CC(C)(C)OC(=O)N1CCC[C@H]1C1=Nc2ccc(-c3ccc4c(c3)OCc3cc(-c5cnc(C6CCCC6)[nH]5)ccc3-4)cc2C1.CC(C)(C)OC(=O)N1CCC[C@H]1C1=Nc2ccc(B3OC(C)(C)C(C)(C)O3)cc2C1.COC(=O)N[C@H](C(=O)N1CCC[C@H]1C1=Nc2ccc(-c3ccc4c(c3)oc3cc(-c5cnc([C@@H]6CCCN6C(=O)[C@@H](NC(=O)OC)C(C)C)[nH]5)ccc34)cc2C1)C(C)C. The third-order valence-electron chi connectivity index (χ3n) is 28.2. The number of benzene rings is 7. The maximum Gasteiger partial charge on any atom is 0.494 e. The fraction of sp³-hybridized carbons (Fsp3) is 0.462. The van der Waals surface area contributed by atoms with Gasteiger partial charge in [-0.2, -0.15) is 0 Å². The van der Waals surface area contributed by atoms with Crippen LogP contribution in [0, 0.1) is 11.8 Å². The van der Waals surface area contributed by atoms with Gasteiger partial charge >= 0.3 is 31.5 Å². The lowest BCUT2D eigenvalue weighted by molar-refractivity contribution is -0.135. The molecule has 0 bridgehead atoms. The highest BCUT2D eigenvalue weighted by atomic mass is 16.7. The largest absolute Gasteiger partial charge is 0.494 e. The molecule has 0 radical (unpaired) electrons. The van der Waals surface area contributed by atoms with E-state index in [-0.39, 0.29) is 78.3 Å². The minimum Gasteiger partial charge on any atom is -0.488 e. The molecule has 7 aromatic carbocycles. The number of ether oxygens (including phenoxy) is 5. The topological polar surface area (TPSA) is 312 Å². The van der Waals surface area contributed by atoms with Gasteiger partial charge in [0.2, 0.25) is 11.8 Å². The van der Waals surface area contributed by atoms with Crippen molar-refractivity contribution >= 4 is 105 Å². The first-order chi connectivity index (χ1) is 64.1. The number of hydrogen-bond acceptors (Lipinski definition) is 19. The summed E-state index contributed by atoms with van der Waals surface area (Å²) in [5.41, 5.74) is 22.1. The Morgan fingerprint density at radius 2 is 0.858 bits per heavy atom. The molecule has 6 atom stereocenters. The summed E-state index contributed by atoms with van der Waals surface area (Å²) in [4.78, 5) is 116. The first-order valence-electron chi connectivity index (χ1n) is 47.8. The number of carbonyl (C=O) groups is 6. The van der Waals surface area contributed by atoms with E-state index in [0.29, 0.717) is 50.9 Å². The molecule has 0 spiro atoms. The van der Waals surface area contributed by atoms with Crippen molar-refractivity contribution in [3.8, 4) is 61.6 Å². The number of fused-ring (bicyclic) bond motifs is 9. The van der Waals surface area contributed by atoms with E-state index in [4.69, 9.17) is 62.4 Å². The number of furan rings is 1. The van der Waals surface area contributed by atoms with Crippen LogP contribution in [0.15, 0.2) is 159 Å². The summed E-state index contributed by atoms with van der Waals surface area (Å²) in [7, 11) is 2.21. The number of hydrogen-bond donors (Lipinski definition) is 4. The van der Waals surface area contributed by atoms with Crippen LogP contribution in [-0.2, 0) is 63.7 Å². The molecule has 9 aliphatic heterocycles. The van der Waals surface area contributed by atoms with E-state index in [0.717, 1.165) is 199 Å². The van der Waals surface area contributed by atoms with Crippen LogP contribution in [0.2, 0.25) is 0 Å². The van der Waals surface area contributed by atoms with Crippen molar-refractivity contribution in [1.82, 2.24) is 50.2 Å². The van der Waals surface area contributed by atoms with Crippen LogP contribution in [0.3, 0.4) is 0 Å². The Kier molecular flexibility index (Phi) is 25.5. The van der Waals surface area contributed by atoms with Gasteiger partial charge in [-0.05, 0) is 273 Å². The molecule has 27 nitrogen and oxygen atoms in total. The molecule has 1 aliphatic carbocycles. The van der Waals surface area contributed by atoms with Gasteiger partial charge < -0.3 is 67.8 Å². The lowest BCUT2D eigenvalue weighted by Gasteiger charge is -2.32. The highest BCUT2D eigenvalue weighted by molar-refractivity contribution is 6.62. The monoisotopic (exact) mass is 1810 g/mol. The summed E-state index contributed by atoms with van der Waals surface area (Å²) in [6.45, 7) is 30.5. The lowest BCUT2D eigenvalue weighted by atomic mass is 9.78. The molecule has 134 heavy (non-hydrogen) atoms. The van der Waals surface area contributed by atoms with Gasteiger partial charge in [-0.25, -0.2) is 29.1 Å². The van der Waals surface area contributed by atoms with E-state index < -0.39 is 35.5 Å². The second-order valence-electron chi connectivity index (χ2n) is 41.0. The summed E-state index contributed by atoms with van der Waals surface area (Å²) >= 11 is 0. The summed E-state index contributed by atoms with van der Waals surface area (Å²) in [6.07, 6.45) is 16.4. The van der Waals surface area contributed by atoms with E-state index in [1.165, 1.54) is 56.6 Å². The third kappa shape index (κ3) is 19.0. The highest BCUT2D eigenvalue weighted by Crippen LogP contribution is 2.47. The molecular weight excluding hydrogens is 1690 g/mol. The predicted molar refractivity (Wildman–Crippen MR) is 520 cm³/mol. The minimum atomic E-state index is -0.701. The zero-order chi connectivity index (χ0) is 94.1. The quantitative estimate of drug-likeness (QED) is 0.0516. The maximum atomic E-state index is 13.7. The van der Waals surface area contributed by atoms with Gasteiger partial charge in [0.1, 0.15) is 58.5 Å². The third-order valence-corrected chi connectivity index (χ3v) is 28.2. The van der Waals surface area contributed by atoms with Gasteiger partial charge in [0.15, 0.2) is 0 Å². The minimum absolute atomic E-state index is 0.00366. The fourth-order valence-electron chi connectivity index (χ4n) is 20.5. The summed E-state index contributed by atoms with van der Waals surface area (Å²) < 4.78 is 46.1. The number of carbonyl (C=O) groups excluding carboxylic acids is 6. The molecule has 6 amide bonds. The lowest BCUT2D eigenvalue weighted by Crippen LogP contribution is -2.53. The molecular formula is C106H124BN13O14. The molecule has 5 saturated heterocycles. The highest BCUT2D eigenvalue weighted by Gasteiger charge is 2.52. The van der Waals surface area contributed by atoms with Crippen LogP contribution in [-0.4, -0.2) is 193 Å². The van der Waals surface area contributed by atoms with Crippen molar-refractivity contribution in [2.75, 3.05) is 40.4 Å². The van der Waals surface area contributed by atoms with Crippen LogP contribution < -0.4 is 20.8 Å². The molecule has 3 aromatic heterocycles. The molecule has 10 aromatic rings. The normalized spacial score (nSPS) is 20.2. The Balaban J connectivity index is 0.000000142. The van der Waals surface area contributed by atoms with Gasteiger partial charge in [-0.15, -0.1) is 0 Å². The van der Waals surface area contributed by atoms with E-state index >= 15 is 0 Å². The number of rotatable bonds is 16. The van der Waals surface area contributed by atoms with Crippen LogP contribution in [0.25, 0.3) is 77.8 Å². The van der Waals surface area contributed by atoms with Gasteiger partial charge in [-0.1, -0.05) is 101 Å². The number of imidazole rings is 2. The molecule has 0 unspecified atom stereocenters. The molecule has 1 saturated carbocycles. The predicted octanol–water partition coefficient (Wildman–Crippen LogP) is 20.7. The van der Waals surface area contributed by atoms with E-state index in [9.17, 15) is 28.8 Å². The van der Waals surface area contributed by atoms with Crippen molar-refractivity contribution in [1.29, 1.82) is 0 Å². The molecule has 700 valence electrons.